The van der Waals surface area contributed by atoms with E-state index in [1.54, 1.807) is 9.12 Å². The van der Waals surface area contributed by atoms with Crippen LogP contribution in [0.3, 0.4) is 0 Å². The van der Waals surface area contributed by atoms with Crippen LogP contribution in [0, 0.1) is 0 Å². The molecule has 0 rings (SSSR count). The van der Waals surface area contributed by atoms with E-state index in [0.29, 0.717) is 0 Å². The first kappa shape index (κ1) is 24.2. The van der Waals surface area contributed by atoms with Crippen molar-refractivity contribution < 1.29 is 24.0 Å². The minimum absolute atomic E-state index is 0. The first-order valence-corrected chi connectivity index (χ1v) is 0.612. The molecule has 0 aliphatic carbocycles. The Morgan fingerprint density at radius 2 is 1.20 bits per heavy atom. The number of rotatable bonds is 0. The van der Waals surface area contributed by atoms with Gasteiger partial charge < -0.3 is 0 Å². The average Bonchev–Trinajstić information content (AvgIpc) is 1.00. The third-order valence-corrected chi connectivity index (χ3v) is 0. The molecule has 1 nitrogen and oxygen atoms in total. The molecule has 20 valence electrons. The van der Waals surface area contributed by atoms with Gasteiger partial charge in [-0.15, -0.1) is 0 Å². The van der Waals surface area contributed by atoms with Crippen LogP contribution < -0.4 is 0 Å². The molecule has 5 heteroatoms. The van der Waals surface area contributed by atoms with Crippen molar-refractivity contribution in [3.63, 3.8) is 0 Å². The summed E-state index contributed by atoms with van der Waals surface area (Å²) >= 11 is 0. The fourth-order valence-corrected chi connectivity index (χ4v) is 0. The van der Waals surface area contributed by atoms with Crippen molar-refractivity contribution in [1.29, 1.82) is 0 Å². The average molecular weight is 180 g/mol. The third-order valence-electron chi connectivity index (χ3n) is 0. The van der Waals surface area contributed by atoms with Gasteiger partial charge in [0, 0.05) is 19.5 Å². The third kappa shape index (κ3) is 19.2. The van der Waals surface area contributed by atoms with Crippen LogP contribution in [0.4, 0.5) is 0 Å². The van der Waals surface area contributed by atoms with Crippen LogP contribution in [0.1, 0.15) is 0 Å². The smallest absolute Gasteiger partial charge is 0 e. The number of hydrogen-bond acceptors (Lipinski definition) is 1. The van der Waals surface area contributed by atoms with Crippen LogP contribution in [0.5, 0.6) is 0 Å². The quantitative estimate of drug-likeness (QED) is 0.341. The van der Waals surface area contributed by atoms with E-state index in [2.05, 4.69) is 0 Å². The summed E-state index contributed by atoms with van der Waals surface area (Å²) < 4.78 is 8.06. The molecule has 0 heterocycles. The molecule has 0 bridgehead atoms. The molecule has 0 aromatic carbocycles. The Balaban J connectivity index is -0.00000000167. The summed E-state index contributed by atoms with van der Waals surface area (Å²) in [5, 5.41) is 0. The van der Waals surface area contributed by atoms with Gasteiger partial charge in [-0.2, -0.15) is 0 Å². The zero-order chi connectivity index (χ0) is 2.00. The van der Waals surface area contributed by atoms with E-state index in [0.717, 1.165) is 0 Å². The normalized spacial score (nSPS) is 0.800. The maximum atomic E-state index is 8.06. The molecule has 0 aromatic heterocycles. The van der Waals surface area contributed by atoms with Crippen LogP contribution in [-0.2, 0) is 24.0 Å². The molecule has 0 aliphatic rings. The van der Waals surface area contributed by atoms with Gasteiger partial charge in [0.05, 0.1) is 0 Å². The van der Waals surface area contributed by atoms with Crippen LogP contribution >= 0.6 is 9.12 Å². The van der Waals surface area contributed by atoms with Gasteiger partial charge in [0.25, 0.3) is 0 Å². The van der Waals surface area contributed by atoms with Gasteiger partial charge in [0.1, 0.15) is 9.12 Å². The largest absolute Gasteiger partial charge is 0.316 e. The Morgan fingerprint density at radius 3 is 1.20 bits per heavy atom. The van der Waals surface area contributed by atoms with E-state index < -0.39 is 0 Å². The molecule has 0 aromatic rings. The van der Waals surface area contributed by atoms with Crippen LogP contribution in [0.15, 0.2) is 0 Å². The Labute approximate surface area is 105 Å². The van der Waals surface area contributed by atoms with Crippen molar-refractivity contribution in [3.05, 3.63) is 0 Å². The van der Waals surface area contributed by atoms with Gasteiger partial charge in [0.15, 0.2) is 0 Å². The molecular weight excluding hydrogens is 176 g/mol. The van der Waals surface area contributed by atoms with Gasteiger partial charge in [-0.25, -0.2) is 0 Å². The molecule has 0 spiro atoms. The topological polar surface area (TPSA) is 17.1 Å². The fourth-order valence-electron chi connectivity index (χ4n) is 0. The van der Waals surface area contributed by atoms with Crippen molar-refractivity contribution in [2.75, 3.05) is 0 Å². The van der Waals surface area contributed by atoms with Crippen molar-refractivity contribution >= 4 is 83.6 Å². The monoisotopic (exact) mass is 178 g/mol. The molecule has 0 saturated heterocycles. The van der Waals surface area contributed by atoms with E-state index in [4.69, 9.17) is 4.57 Å². The molecule has 0 radical (unpaired) electrons. The summed E-state index contributed by atoms with van der Waals surface area (Å²) in [4.78, 5) is 0. The Kier molecular flexibility index (Phi) is 133. The van der Waals surface area contributed by atoms with Crippen molar-refractivity contribution in [3.8, 4) is 0 Å². The van der Waals surface area contributed by atoms with E-state index in [1.165, 1.54) is 0 Å². The Hall–Kier alpha value is 3.13. The number of hydrogen-bond donors (Lipinski definition) is 0. The van der Waals surface area contributed by atoms with Crippen LogP contribution in [-0.4, -0.2) is 74.4 Å². The van der Waals surface area contributed by atoms with Crippen LogP contribution in [0.25, 0.3) is 0 Å². The fraction of sp³-hybridized carbons (Fsp3) is 0. The van der Waals surface area contributed by atoms with E-state index >= 15 is 0 Å². The zero-order valence-corrected chi connectivity index (χ0v) is 5.58. The predicted octanol–water partition coefficient (Wildman–Crippen LogP) is -1.09. The van der Waals surface area contributed by atoms with Crippen molar-refractivity contribution in [1.82, 2.24) is 0 Å². The molecule has 0 saturated carbocycles. The van der Waals surface area contributed by atoms with Gasteiger partial charge in [-0.05, 0) is 0 Å². The first-order valence-electron chi connectivity index (χ1n) is 0.204. The zero-order valence-electron chi connectivity index (χ0n) is 1.62. The van der Waals surface area contributed by atoms with E-state index in [-0.39, 0.29) is 93.9 Å². The summed E-state index contributed by atoms with van der Waals surface area (Å²) in [6, 6.07) is 0. The minimum atomic E-state index is 0. The second kappa shape index (κ2) is 27.4. The molecule has 0 fully saturated rings. The van der Waals surface area contributed by atoms with Crippen molar-refractivity contribution in [2.24, 2.45) is 0 Å². The maximum absolute atomic E-state index is 8.06. The van der Waals surface area contributed by atoms with E-state index in [9.17, 15) is 0 Å². The SMILES string of the molecule is O=P.[KH].[MgH2].[Zn]. The van der Waals surface area contributed by atoms with Crippen LogP contribution in [0.2, 0.25) is 0 Å². The summed E-state index contributed by atoms with van der Waals surface area (Å²) in [6.45, 7) is 0. The summed E-state index contributed by atoms with van der Waals surface area (Å²) in [7, 11) is 1.72. The molecule has 0 N–H and O–H groups in total. The van der Waals surface area contributed by atoms with Crippen molar-refractivity contribution in [2.45, 2.75) is 0 Å². The second-order valence-corrected chi connectivity index (χ2v) is 0. The Bertz CT molecular complexity index is 11.6. The standard InChI is InChI=1S/K.Mg.HOP.Zn.3H/c;;1-2;;;;/h;;2H;;;;. The predicted molar refractivity (Wildman–Crippen MR) is 24.7 cm³/mol. The maximum Gasteiger partial charge on any atom is 0.316 e. The van der Waals surface area contributed by atoms with Gasteiger partial charge in [-0.3, -0.25) is 4.57 Å². The van der Waals surface area contributed by atoms with Gasteiger partial charge in [-0.1, -0.05) is 0 Å². The first-order chi connectivity index (χ1) is 1.00. The van der Waals surface area contributed by atoms with Gasteiger partial charge >= 0.3 is 74.4 Å². The second-order valence-electron chi connectivity index (χ2n) is 0. The molecule has 0 unspecified atom stereocenters. The summed E-state index contributed by atoms with van der Waals surface area (Å²) in [5.41, 5.74) is 0. The molecule has 0 atom stereocenters. The molecular formula is H4KMgOPZn. The van der Waals surface area contributed by atoms with E-state index in [1.807, 2.05) is 0 Å². The van der Waals surface area contributed by atoms with Gasteiger partial charge in [0.2, 0.25) is 0 Å². The summed E-state index contributed by atoms with van der Waals surface area (Å²) in [5.74, 6) is 0. The Morgan fingerprint density at radius 1 is 1.20 bits per heavy atom. The molecule has 0 aliphatic heterocycles. The molecule has 5 heavy (non-hydrogen) atoms. The summed E-state index contributed by atoms with van der Waals surface area (Å²) in [6.07, 6.45) is 0. The molecule has 0 amide bonds. The minimum Gasteiger partial charge on any atom is 0 e.